The third-order valence-corrected chi connectivity index (χ3v) is 3.60. The van der Waals surface area contributed by atoms with Gasteiger partial charge in [-0.3, -0.25) is 9.69 Å². The van der Waals surface area contributed by atoms with Gasteiger partial charge in [-0.05, 0) is 18.6 Å². The van der Waals surface area contributed by atoms with Gasteiger partial charge in [-0.1, -0.05) is 23.7 Å². The van der Waals surface area contributed by atoms with Crippen LogP contribution in [0.25, 0.3) is 11.3 Å². The molecule has 1 aromatic carbocycles. The number of aromatic nitrogens is 2. The van der Waals surface area contributed by atoms with E-state index >= 15 is 0 Å². The minimum absolute atomic E-state index is 0.0379. The Morgan fingerprint density at radius 1 is 1.38 bits per heavy atom. The number of hydrogen-bond acceptors (Lipinski definition) is 3. The van der Waals surface area contributed by atoms with Crippen molar-refractivity contribution in [2.75, 3.05) is 6.54 Å². The second-order valence-electron chi connectivity index (χ2n) is 4.87. The lowest BCUT2D eigenvalue weighted by Crippen LogP contribution is -2.30. The van der Waals surface area contributed by atoms with Crippen LogP contribution in [0.15, 0.2) is 24.4 Å². The number of aromatic amines is 1. The van der Waals surface area contributed by atoms with E-state index in [0.717, 1.165) is 21.7 Å². The van der Waals surface area contributed by atoms with E-state index in [-0.39, 0.29) is 19.0 Å². The molecule has 7 heteroatoms. The van der Waals surface area contributed by atoms with Crippen LogP contribution in [0.1, 0.15) is 11.4 Å². The third kappa shape index (κ3) is 2.62. The average Bonchev–Trinajstić information content (AvgIpc) is 3.01. The summed E-state index contributed by atoms with van der Waals surface area (Å²) in [6.45, 7) is 2.12. The molecule has 2 aromatic rings. The zero-order valence-corrected chi connectivity index (χ0v) is 12.1. The quantitative estimate of drug-likeness (QED) is 0.852. The van der Waals surface area contributed by atoms with Crippen LogP contribution in [0.2, 0.25) is 5.02 Å². The molecule has 2 heterocycles. The summed E-state index contributed by atoms with van der Waals surface area (Å²) in [5.41, 5.74) is 2.66. The summed E-state index contributed by atoms with van der Waals surface area (Å²) in [7, 11) is 0. The Bertz CT molecular complexity index is 710. The summed E-state index contributed by atoms with van der Waals surface area (Å²) >= 11 is 6.21. The summed E-state index contributed by atoms with van der Waals surface area (Å²) in [5.74, 6) is 0.276. The van der Waals surface area contributed by atoms with Crippen molar-refractivity contribution >= 4 is 23.5 Å². The Morgan fingerprint density at radius 3 is 2.86 bits per heavy atom. The minimum Gasteiger partial charge on any atom is -0.340 e. The van der Waals surface area contributed by atoms with Gasteiger partial charge in [0, 0.05) is 5.56 Å². The molecule has 0 bridgehead atoms. The van der Waals surface area contributed by atoms with Crippen molar-refractivity contribution in [2.24, 2.45) is 0 Å². The van der Waals surface area contributed by atoms with Crippen LogP contribution >= 0.6 is 11.6 Å². The standard InChI is InChI=1S/C14H13ClN4O2/c1-8-2-3-9(10(15)4-8)11-5-16-12(18-11)7-19-13(20)6-17-14(19)21/h2-5H,6-7H2,1H3,(H,16,18)(H,17,21). The summed E-state index contributed by atoms with van der Waals surface area (Å²) in [6.07, 6.45) is 1.64. The zero-order valence-electron chi connectivity index (χ0n) is 11.3. The van der Waals surface area contributed by atoms with E-state index in [1.165, 1.54) is 0 Å². The van der Waals surface area contributed by atoms with Crippen molar-refractivity contribution < 1.29 is 9.59 Å². The Morgan fingerprint density at radius 2 is 2.19 bits per heavy atom. The number of imidazole rings is 1. The number of halogens is 1. The van der Waals surface area contributed by atoms with Gasteiger partial charge in [0.25, 0.3) is 0 Å². The topological polar surface area (TPSA) is 78.1 Å². The fraction of sp³-hybridized carbons (Fsp3) is 0.214. The average molecular weight is 305 g/mol. The Kier molecular flexibility index (Phi) is 3.39. The predicted molar refractivity (Wildman–Crippen MR) is 77.7 cm³/mol. The molecule has 0 unspecified atom stereocenters. The highest BCUT2D eigenvalue weighted by Gasteiger charge is 2.29. The molecular formula is C14H13ClN4O2. The molecule has 0 aliphatic carbocycles. The molecule has 0 saturated carbocycles. The van der Waals surface area contributed by atoms with Gasteiger partial charge in [-0.2, -0.15) is 0 Å². The van der Waals surface area contributed by atoms with Gasteiger partial charge < -0.3 is 10.3 Å². The van der Waals surface area contributed by atoms with Gasteiger partial charge in [0.2, 0.25) is 5.91 Å². The molecule has 1 aliphatic heterocycles. The van der Waals surface area contributed by atoms with E-state index in [1.54, 1.807) is 6.20 Å². The fourth-order valence-electron chi connectivity index (χ4n) is 2.18. The first-order valence-corrected chi connectivity index (χ1v) is 6.81. The second kappa shape index (κ2) is 5.21. The van der Waals surface area contributed by atoms with Gasteiger partial charge >= 0.3 is 6.03 Å². The van der Waals surface area contributed by atoms with Crippen molar-refractivity contribution in [1.29, 1.82) is 0 Å². The van der Waals surface area contributed by atoms with Crippen molar-refractivity contribution in [3.05, 3.63) is 40.8 Å². The van der Waals surface area contributed by atoms with E-state index in [9.17, 15) is 9.59 Å². The van der Waals surface area contributed by atoms with Gasteiger partial charge in [0.1, 0.15) is 5.82 Å². The summed E-state index contributed by atoms with van der Waals surface area (Å²) in [6, 6.07) is 5.34. The molecule has 0 spiro atoms. The molecule has 1 saturated heterocycles. The smallest absolute Gasteiger partial charge is 0.325 e. The lowest BCUT2D eigenvalue weighted by Gasteiger charge is -2.09. The van der Waals surface area contributed by atoms with Gasteiger partial charge in [0.15, 0.2) is 0 Å². The molecule has 0 atom stereocenters. The number of hydrogen-bond donors (Lipinski definition) is 2. The number of carbonyl (C=O) groups is 2. The summed E-state index contributed by atoms with van der Waals surface area (Å²) < 4.78 is 0. The van der Waals surface area contributed by atoms with Crippen molar-refractivity contribution in [3.8, 4) is 11.3 Å². The third-order valence-electron chi connectivity index (χ3n) is 3.29. The first kappa shape index (κ1) is 13.6. The monoisotopic (exact) mass is 304 g/mol. The highest BCUT2D eigenvalue weighted by molar-refractivity contribution is 6.33. The molecule has 2 N–H and O–H groups in total. The molecule has 6 nitrogen and oxygen atoms in total. The Hall–Kier alpha value is -2.34. The number of urea groups is 1. The number of H-pyrrole nitrogens is 1. The van der Waals surface area contributed by atoms with Gasteiger partial charge in [-0.15, -0.1) is 0 Å². The largest absolute Gasteiger partial charge is 0.340 e. The first-order chi connectivity index (χ1) is 10.0. The van der Waals surface area contributed by atoms with Gasteiger partial charge in [0.05, 0.1) is 30.0 Å². The van der Waals surface area contributed by atoms with Crippen LogP contribution in [-0.2, 0) is 11.3 Å². The zero-order chi connectivity index (χ0) is 15.0. The minimum atomic E-state index is -0.397. The van der Waals surface area contributed by atoms with Crippen molar-refractivity contribution in [1.82, 2.24) is 20.2 Å². The normalized spacial score (nSPS) is 14.7. The number of nitrogens with zero attached hydrogens (tertiary/aromatic N) is 2. The molecule has 3 amide bonds. The van der Waals surface area contributed by atoms with E-state index in [0.29, 0.717) is 10.8 Å². The van der Waals surface area contributed by atoms with E-state index in [2.05, 4.69) is 15.3 Å². The van der Waals surface area contributed by atoms with Crippen LogP contribution in [0.3, 0.4) is 0 Å². The second-order valence-corrected chi connectivity index (χ2v) is 5.27. The van der Waals surface area contributed by atoms with Crippen molar-refractivity contribution in [3.63, 3.8) is 0 Å². The maximum absolute atomic E-state index is 11.5. The number of amides is 3. The number of benzene rings is 1. The Balaban J connectivity index is 1.83. The molecule has 1 aromatic heterocycles. The number of nitrogens with one attached hydrogen (secondary N) is 2. The van der Waals surface area contributed by atoms with Crippen LogP contribution in [0, 0.1) is 6.92 Å². The number of aryl methyl sites for hydroxylation is 1. The molecule has 1 fully saturated rings. The molecule has 1 aliphatic rings. The number of rotatable bonds is 3. The first-order valence-electron chi connectivity index (χ1n) is 6.43. The SMILES string of the molecule is Cc1ccc(-c2cnc(CN3C(=O)CNC3=O)[nH]2)c(Cl)c1. The van der Waals surface area contributed by atoms with Gasteiger partial charge in [-0.25, -0.2) is 9.78 Å². The lowest BCUT2D eigenvalue weighted by molar-refractivity contribution is -0.125. The lowest BCUT2D eigenvalue weighted by atomic mass is 10.1. The van der Waals surface area contributed by atoms with Crippen LogP contribution < -0.4 is 5.32 Å². The number of imide groups is 1. The molecular weight excluding hydrogens is 292 g/mol. The molecule has 0 radical (unpaired) electrons. The van der Waals surface area contributed by atoms with E-state index in [1.807, 2.05) is 25.1 Å². The maximum atomic E-state index is 11.5. The Labute approximate surface area is 126 Å². The summed E-state index contributed by atoms with van der Waals surface area (Å²) in [5, 5.41) is 3.09. The van der Waals surface area contributed by atoms with E-state index < -0.39 is 6.03 Å². The number of carbonyl (C=O) groups excluding carboxylic acids is 2. The molecule has 108 valence electrons. The predicted octanol–water partition coefficient (Wildman–Crippen LogP) is 2.09. The molecule has 21 heavy (non-hydrogen) atoms. The maximum Gasteiger partial charge on any atom is 0.325 e. The van der Waals surface area contributed by atoms with Crippen LogP contribution in [0.4, 0.5) is 4.79 Å². The van der Waals surface area contributed by atoms with Crippen LogP contribution in [-0.4, -0.2) is 33.4 Å². The highest BCUT2D eigenvalue weighted by atomic mass is 35.5. The van der Waals surface area contributed by atoms with Crippen LogP contribution in [0.5, 0.6) is 0 Å². The highest BCUT2D eigenvalue weighted by Crippen LogP contribution is 2.27. The molecule has 3 rings (SSSR count). The van der Waals surface area contributed by atoms with Crippen molar-refractivity contribution in [2.45, 2.75) is 13.5 Å². The van der Waals surface area contributed by atoms with E-state index in [4.69, 9.17) is 11.6 Å². The summed E-state index contributed by atoms with van der Waals surface area (Å²) in [4.78, 5) is 31.4. The fourth-order valence-corrected chi connectivity index (χ4v) is 2.52.